The van der Waals surface area contributed by atoms with Crippen LogP contribution in [0.1, 0.15) is 0 Å². The first-order chi connectivity index (χ1) is 1.73. The highest BCUT2D eigenvalue weighted by atomic mass is 19.4. The van der Waals surface area contributed by atoms with Crippen LogP contribution in [0.5, 0.6) is 0 Å². The second-order valence-electron chi connectivity index (χ2n) is 0.247. The summed E-state index contributed by atoms with van der Waals surface area (Å²) in [5.74, 6) is 0. The summed E-state index contributed by atoms with van der Waals surface area (Å²) in [6.45, 7) is 0. The monoisotopic (exact) mass is 84.0 g/mol. The first-order valence-corrected chi connectivity index (χ1v) is 0.655. The average Bonchev–Trinajstić information content (AvgIpc) is 0.811. The smallest absolute Gasteiger partial charge is 0.254 e. The average molecular weight is 83.8 g/mol. The van der Waals surface area contributed by atoms with Gasteiger partial charge in [-0.3, -0.25) is 12.9 Å². The summed E-state index contributed by atoms with van der Waals surface area (Å²) in [6, 6.07) is 0. The van der Waals surface area contributed by atoms with Crippen LogP contribution in [0.25, 0.3) is 0 Å². The predicted molar refractivity (Wildman–Crippen MR) is 9.76 cm³/mol. The second kappa shape index (κ2) is 3.81. The second-order valence-corrected chi connectivity index (χ2v) is 0.247. The molecule has 0 amide bonds. The van der Waals surface area contributed by atoms with E-state index in [1.165, 1.54) is 0 Å². The Morgan fingerprint density at radius 1 is 1.00 bits per heavy atom. The van der Waals surface area contributed by atoms with Crippen molar-refractivity contribution >= 4 is 7.54 Å². The van der Waals surface area contributed by atoms with Gasteiger partial charge in [-0.2, -0.15) is 0 Å². The maximum atomic E-state index is 9.67. The van der Waals surface area contributed by atoms with Gasteiger partial charge < -0.3 is 0 Å². The number of hydrogen-bond donors (Lipinski definition) is 0. The molecule has 0 saturated heterocycles. The van der Waals surface area contributed by atoms with E-state index in [1.54, 1.807) is 0 Å². The first kappa shape index (κ1) is 8.84. The summed E-state index contributed by atoms with van der Waals surface area (Å²) in [5, 5.41) is 0. The van der Waals surface area contributed by atoms with Crippen molar-refractivity contribution < 1.29 is 18.4 Å². The van der Waals surface area contributed by atoms with Gasteiger partial charge in [0.1, 0.15) is 0 Å². The molecule has 0 aromatic carbocycles. The highest BCUT2D eigenvalue weighted by Gasteiger charge is 2.06. The Bertz CT molecular complexity index is 11.6. The van der Waals surface area contributed by atoms with Crippen molar-refractivity contribution in [2.24, 2.45) is 0 Å². The van der Waals surface area contributed by atoms with E-state index >= 15 is 0 Å². The molecule has 0 bridgehead atoms. The van der Waals surface area contributed by atoms with Crippen LogP contribution < -0.4 is 0 Å². The molecule has 0 aromatic rings. The van der Waals surface area contributed by atoms with Gasteiger partial charge in [0.15, 0.2) is 0 Å². The van der Waals surface area contributed by atoms with Gasteiger partial charge in [-0.25, -0.2) is 0 Å². The van der Waals surface area contributed by atoms with E-state index in [1.807, 2.05) is 0 Å². The molecule has 0 aromatic heterocycles. The molecule has 0 saturated carbocycles. The zero-order valence-electron chi connectivity index (χ0n) is 2.12. The van der Waals surface area contributed by atoms with Gasteiger partial charge in [0.25, 0.3) is 0 Å². The van der Waals surface area contributed by atoms with Crippen LogP contribution in [0.2, 0.25) is 0 Å². The minimum absolute atomic E-state index is 0. The standard InChI is InChI=1S/BF3.O/c2-1(3)4;. The zero-order valence-corrected chi connectivity index (χ0v) is 2.12. The summed E-state index contributed by atoms with van der Waals surface area (Å²) in [6.07, 6.45) is 0. The van der Waals surface area contributed by atoms with Crippen LogP contribution in [-0.2, 0) is 5.48 Å². The largest absolute Gasteiger partial charge is 0.762 e. The Labute approximate surface area is 27.3 Å². The molecule has 0 aliphatic carbocycles. The lowest BCUT2D eigenvalue weighted by Gasteiger charge is -1.55. The van der Waals surface area contributed by atoms with Crippen LogP contribution in [-0.4, -0.2) is 7.54 Å². The third kappa shape index (κ3) is 367. The molecule has 1 nitrogen and oxygen atoms in total. The predicted octanol–water partition coefficient (Wildman–Crippen LogP) is 0.761. The van der Waals surface area contributed by atoms with Gasteiger partial charge in [-0.1, -0.05) is 0 Å². The van der Waals surface area contributed by atoms with Gasteiger partial charge in [-0.15, -0.1) is 0 Å². The molecule has 5 heteroatoms. The van der Waals surface area contributed by atoms with Gasteiger partial charge in [0.2, 0.25) is 0 Å². The Morgan fingerprint density at radius 3 is 1.00 bits per heavy atom. The number of hydrogen-bond acceptors (Lipinski definition) is 0. The molecule has 2 radical (unpaired) electrons. The van der Waals surface area contributed by atoms with E-state index in [2.05, 4.69) is 0 Å². The van der Waals surface area contributed by atoms with E-state index in [0.717, 1.165) is 0 Å². The van der Waals surface area contributed by atoms with Crippen LogP contribution in [0.15, 0.2) is 0 Å². The van der Waals surface area contributed by atoms with Crippen molar-refractivity contribution in [2.75, 3.05) is 0 Å². The molecule has 0 rings (SSSR count). The molecular weight excluding hydrogens is 83.8 g/mol. The van der Waals surface area contributed by atoms with Crippen LogP contribution in [0.3, 0.4) is 0 Å². The number of rotatable bonds is 0. The molecule has 0 fully saturated rings. The fourth-order valence-corrected chi connectivity index (χ4v) is 0. The van der Waals surface area contributed by atoms with Crippen LogP contribution in [0.4, 0.5) is 12.9 Å². The Hall–Kier alpha value is -0.185. The topological polar surface area (TPSA) is 28.5 Å². The molecular formula is BF3O. The third-order valence-electron chi connectivity index (χ3n) is 0. The minimum Gasteiger partial charge on any atom is -0.254 e. The molecule has 0 unspecified atom stereocenters. The highest BCUT2D eigenvalue weighted by Crippen LogP contribution is 1.80. The SMILES string of the molecule is FB(F)F.[O]. The van der Waals surface area contributed by atoms with Gasteiger partial charge in [0.05, 0.1) is 0 Å². The van der Waals surface area contributed by atoms with Crippen LogP contribution >= 0.6 is 0 Å². The summed E-state index contributed by atoms with van der Waals surface area (Å²) in [5.41, 5.74) is 0. The molecule has 30 valence electrons. The number of halogens is 3. The Balaban J connectivity index is 0. The fraction of sp³-hybridized carbons (Fsp3) is 0. The molecule has 0 aliphatic heterocycles. The zero-order chi connectivity index (χ0) is 3.58. The molecule has 0 aliphatic rings. The summed E-state index contributed by atoms with van der Waals surface area (Å²) in [4.78, 5) is 0. The lowest BCUT2D eigenvalue weighted by atomic mass is 10.5. The maximum absolute atomic E-state index is 9.67. The summed E-state index contributed by atoms with van der Waals surface area (Å²) < 4.78 is 29.0. The molecule has 0 N–H and O–H groups in total. The van der Waals surface area contributed by atoms with E-state index in [9.17, 15) is 12.9 Å². The van der Waals surface area contributed by atoms with Crippen molar-refractivity contribution in [3.8, 4) is 0 Å². The fourth-order valence-electron chi connectivity index (χ4n) is 0. The van der Waals surface area contributed by atoms with Gasteiger partial charge in [0, 0.05) is 5.48 Å². The van der Waals surface area contributed by atoms with Crippen molar-refractivity contribution in [1.29, 1.82) is 0 Å². The molecule has 5 heavy (non-hydrogen) atoms. The third-order valence-corrected chi connectivity index (χ3v) is 0. The normalized spacial score (nSPS) is 5.40. The van der Waals surface area contributed by atoms with E-state index in [-0.39, 0.29) is 5.48 Å². The first-order valence-electron chi connectivity index (χ1n) is 0.655. The Morgan fingerprint density at radius 2 is 1.00 bits per heavy atom. The van der Waals surface area contributed by atoms with Gasteiger partial charge in [-0.05, 0) is 0 Å². The van der Waals surface area contributed by atoms with Crippen molar-refractivity contribution in [1.82, 2.24) is 0 Å². The lowest BCUT2D eigenvalue weighted by molar-refractivity contribution is 0.535. The molecule has 0 spiro atoms. The van der Waals surface area contributed by atoms with Gasteiger partial charge >= 0.3 is 7.54 Å². The molecule has 0 heterocycles. The van der Waals surface area contributed by atoms with Crippen LogP contribution in [0, 0.1) is 0 Å². The van der Waals surface area contributed by atoms with Crippen molar-refractivity contribution in [2.45, 2.75) is 0 Å². The minimum atomic E-state index is -3.67. The Kier molecular flexibility index (Phi) is 6.75. The maximum Gasteiger partial charge on any atom is 0.762 e. The quantitative estimate of drug-likeness (QED) is 0.387. The van der Waals surface area contributed by atoms with Crippen molar-refractivity contribution in [3.63, 3.8) is 0 Å². The van der Waals surface area contributed by atoms with E-state index < -0.39 is 7.54 Å². The molecule has 0 atom stereocenters. The van der Waals surface area contributed by atoms with E-state index in [4.69, 9.17) is 0 Å². The van der Waals surface area contributed by atoms with E-state index in [0.29, 0.717) is 0 Å². The summed E-state index contributed by atoms with van der Waals surface area (Å²) >= 11 is 0. The summed E-state index contributed by atoms with van der Waals surface area (Å²) in [7, 11) is -3.67. The van der Waals surface area contributed by atoms with Crippen molar-refractivity contribution in [3.05, 3.63) is 0 Å². The highest BCUT2D eigenvalue weighted by molar-refractivity contribution is 6.33. The lowest BCUT2D eigenvalue weighted by Crippen LogP contribution is -1.76.